The van der Waals surface area contributed by atoms with Crippen LogP contribution in [0.4, 0.5) is 0 Å². The lowest BCUT2D eigenvalue weighted by Gasteiger charge is -2.19. The van der Waals surface area contributed by atoms with Gasteiger partial charge in [-0.1, -0.05) is 30.3 Å². The van der Waals surface area contributed by atoms with Gasteiger partial charge in [0, 0.05) is 13.0 Å². The normalized spacial score (nSPS) is 13.4. The molecule has 2 atom stereocenters. The highest BCUT2D eigenvalue weighted by Crippen LogP contribution is 2.04. The van der Waals surface area contributed by atoms with Crippen molar-refractivity contribution in [2.75, 3.05) is 19.8 Å². The summed E-state index contributed by atoms with van der Waals surface area (Å²) in [5.41, 5.74) is 6.29. The summed E-state index contributed by atoms with van der Waals surface area (Å²) in [4.78, 5) is 23.5. The molecule has 0 aromatic heterocycles. The first-order valence-corrected chi connectivity index (χ1v) is 7.37. The summed E-state index contributed by atoms with van der Waals surface area (Å²) in [6, 6.07) is 8.63. The average molecular weight is 308 g/mol. The lowest BCUT2D eigenvalue weighted by Crippen LogP contribution is -2.49. The molecule has 122 valence electrons. The van der Waals surface area contributed by atoms with Crippen LogP contribution in [0.25, 0.3) is 0 Å². The smallest absolute Gasteiger partial charge is 0.249 e. The van der Waals surface area contributed by atoms with E-state index in [1.165, 1.54) is 0 Å². The lowest BCUT2D eigenvalue weighted by atomic mass is 10.1. The van der Waals surface area contributed by atoms with Crippen molar-refractivity contribution in [2.45, 2.75) is 32.4 Å². The molecule has 2 amide bonds. The van der Waals surface area contributed by atoms with Crippen molar-refractivity contribution in [3.05, 3.63) is 35.9 Å². The highest BCUT2D eigenvalue weighted by molar-refractivity contribution is 5.88. The Labute approximate surface area is 131 Å². The van der Waals surface area contributed by atoms with E-state index in [2.05, 4.69) is 5.32 Å². The zero-order chi connectivity index (χ0) is 16.4. The Hall–Kier alpha value is -1.92. The third-order valence-corrected chi connectivity index (χ3v) is 3.11. The van der Waals surface area contributed by atoms with Crippen molar-refractivity contribution < 1.29 is 19.1 Å². The molecule has 6 heteroatoms. The summed E-state index contributed by atoms with van der Waals surface area (Å²) < 4.78 is 10.5. The molecule has 0 heterocycles. The Bertz CT molecular complexity index is 464. The van der Waals surface area contributed by atoms with E-state index in [0.29, 0.717) is 26.2 Å². The second-order valence-corrected chi connectivity index (χ2v) is 4.86. The number of carbonyl (C=O) groups is 2. The third kappa shape index (κ3) is 6.69. The molecule has 0 bridgehead atoms. The maximum absolute atomic E-state index is 12.0. The molecule has 0 spiro atoms. The van der Waals surface area contributed by atoms with Gasteiger partial charge in [-0.25, -0.2) is 0 Å². The second-order valence-electron chi connectivity index (χ2n) is 4.86. The standard InChI is InChI=1S/C16H24N2O4/c1-3-21-9-10-22-12(2)16(20)18-14(15(17)19)11-13-7-5-4-6-8-13/h4-8,12,14H,3,9-11H2,1-2H3,(H2,17,19)(H,18,20)/t12-,14-/m1/s1. The zero-order valence-corrected chi connectivity index (χ0v) is 13.1. The fourth-order valence-electron chi connectivity index (χ4n) is 1.87. The molecule has 0 fully saturated rings. The minimum Gasteiger partial charge on any atom is -0.379 e. The molecule has 0 saturated heterocycles. The Balaban J connectivity index is 2.48. The van der Waals surface area contributed by atoms with E-state index < -0.39 is 18.1 Å². The highest BCUT2D eigenvalue weighted by Gasteiger charge is 2.22. The third-order valence-electron chi connectivity index (χ3n) is 3.11. The predicted octanol–water partition coefficient (Wildman–Crippen LogP) is 0.641. The molecule has 0 aliphatic heterocycles. The summed E-state index contributed by atoms with van der Waals surface area (Å²) >= 11 is 0. The fourth-order valence-corrected chi connectivity index (χ4v) is 1.87. The molecule has 0 radical (unpaired) electrons. The number of hydrogen-bond acceptors (Lipinski definition) is 4. The summed E-state index contributed by atoms with van der Waals surface area (Å²) in [6.45, 7) is 4.86. The number of rotatable bonds is 10. The van der Waals surface area contributed by atoms with Crippen molar-refractivity contribution in [3.63, 3.8) is 0 Å². The van der Waals surface area contributed by atoms with Gasteiger partial charge >= 0.3 is 0 Å². The van der Waals surface area contributed by atoms with Crippen LogP contribution in [0.1, 0.15) is 19.4 Å². The quantitative estimate of drug-likeness (QED) is 0.621. The second kappa shape index (κ2) is 9.92. The minimum atomic E-state index is -0.757. The number of amides is 2. The van der Waals surface area contributed by atoms with Gasteiger partial charge in [0.05, 0.1) is 13.2 Å². The number of hydrogen-bond donors (Lipinski definition) is 2. The summed E-state index contributed by atoms with van der Waals surface area (Å²) in [5, 5.41) is 2.63. The Kier molecular flexibility index (Phi) is 8.17. The zero-order valence-electron chi connectivity index (χ0n) is 13.1. The van der Waals surface area contributed by atoms with Gasteiger partial charge in [0.1, 0.15) is 12.1 Å². The van der Waals surface area contributed by atoms with Crippen molar-refractivity contribution >= 4 is 11.8 Å². The first kappa shape index (κ1) is 18.1. The van der Waals surface area contributed by atoms with Crippen molar-refractivity contribution in [3.8, 4) is 0 Å². The Morgan fingerprint density at radius 3 is 2.50 bits per heavy atom. The monoisotopic (exact) mass is 308 g/mol. The Morgan fingerprint density at radius 2 is 1.91 bits per heavy atom. The molecule has 1 aromatic rings. The van der Waals surface area contributed by atoms with Crippen LogP contribution < -0.4 is 11.1 Å². The molecular formula is C16H24N2O4. The van der Waals surface area contributed by atoms with Crippen LogP contribution in [0.2, 0.25) is 0 Å². The molecule has 22 heavy (non-hydrogen) atoms. The van der Waals surface area contributed by atoms with E-state index >= 15 is 0 Å². The van der Waals surface area contributed by atoms with E-state index in [4.69, 9.17) is 15.2 Å². The van der Waals surface area contributed by atoms with Gasteiger partial charge in [0.15, 0.2) is 0 Å². The minimum absolute atomic E-state index is 0.322. The number of nitrogens with two attached hydrogens (primary N) is 1. The van der Waals surface area contributed by atoms with Crippen LogP contribution in [-0.4, -0.2) is 43.8 Å². The molecule has 6 nitrogen and oxygen atoms in total. The largest absolute Gasteiger partial charge is 0.379 e. The van der Waals surface area contributed by atoms with Crippen LogP contribution in [0.5, 0.6) is 0 Å². The van der Waals surface area contributed by atoms with E-state index in [1.54, 1.807) is 6.92 Å². The highest BCUT2D eigenvalue weighted by atomic mass is 16.5. The summed E-state index contributed by atoms with van der Waals surface area (Å²) in [5.74, 6) is -0.935. The molecule has 0 aliphatic carbocycles. The first-order valence-electron chi connectivity index (χ1n) is 7.37. The van der Waals surface area contributed by atoms with Gasteiger partial charge in [-0.3, -0.25) is 9.59 Å². The molecule has 3 N–H and O–H groups in total. The number of ether oxygens (including phenoxy) is 2. The molecule has 0 aliphatic rings. The number of nitrogens with one attached hydrogen (secondary N) is 1. The maximum Gasteiger partial charge on any atom is 0.249 e. The first-order chi connectivity index (χ1) is 10.5. The van der Waals surface area contributed by atoms with Gasteiger partial charge in [0.2, 0.25) is 11.8 Å². The van der Waals surface area contributed by atoms with Crippen molar-refractivity contribution in [1.82, 2.24) is 5.32 Å². The molecule has 1 aromatic carbocycles. The fraction of sp³-hybridized carbons (Fsp3) is 0.500. The van der Waals surface area contributed by atoms with Crippen LogP contribution >= 0.6 is 0 Å². The van der Waals surface area contributed by atoms with Gasteiger partial charge in [-0.05, 0) is 19.4 Å². The molecule has 0 saturated carbocycles. The average Bonchev–Trinajstić information content (AvgIpc) is 2.51. The summed E-state index contributed by atoms with van der Waals surface area (Å²) in [6.07, 6.45) is -0.314. The van der Waals surface area contributed by atoms with Crippen LogP contribution in [0.3, 0.4) is 0 Å². The molecule has 1 rings (SSSR count). The van der Waals surface area contributed by atoms with E-state index in [-0.39, 0.29) is 5.91 Å². The van der Waals surface area contributed by atoms with E-state index in [9.17, 15) is 9.59 Å². The lowest BCUT2D eigenvalue weighted by molar-refractivity contribution is -0.135. The number of benzene rings is 1. The van der Waals surface area contributed by atoms with Crippen molar-refractivity contribution in [2.24, 2.45) is 5.73 Å². The van der Waals surface area contributed by atoms with E-state index in [1.807, 2.05) is 37.3 Å². The maximum atomic E-state index is 12.0. The van der Waals surface area contributed by atoms with Crippen molar-refractivity contribution in [1.29, 1.82) is 0 Å². The molecule has 0 unspecified atom stereocenters. The van der Waals surface area contributed by atoms with E-state index in [0.717, 1.165) is 5.56 Å². The Morgan fingerprint density at radius 1 is 1.23 bits per heavy atom. The van der Waals surface area contributed by atoms with Gasteiger partial charge in [0.25, 0.3) is 0 Å². The number of primary amides is 1. The number of carbonyl (C=O) groups excluding carboxylic acids is 2. The van der Waals surface area contributed by atoms with Gasteiger partial charge < -0.3 is 20.5 Å². The summed E-state index contributed by atoms with van der Waals surface area (Å²) in [7, 11) is 0. The van der Waals surface area contributed by atoms with Gasteiger partial charge in [-0.15, -0.1) is 0 Å². The van der Waals surface area contributed by atoms with Crippen LogP contribution in [0, 0.1) is 0 Å². The topological polar surface area (TPSA) is 90.7 Å². The SMILES string of the molecule is CCOCCO[C@H](C)C(=O)N[C@H](Cc1ccccc1)C(N)=O. The van der Waals surface area contributed by atoms with Gasteiger partial charge in [-0.2, -0.15) is 0 Å². The predicted molar refractivity (Wildman–Crippen MR) is 83.2 cm³/mol. The van der Waals surface area contributed by atoms with Crippen LogP contribution in [0.15, 0.2) is 30.3 Å². The molecular weight excluding hydrogens is 284 g/mol. The van der Waals surface area contributed by atoms with Crippen LogP contribution in [-0.2, 0) is 25.5 Å².